The molecule has 0 aliphatic carbocycles. The monoisotopic (exact) mass is 513 g/mol. The molecular formula is C20H21Br2NO5. The predicted octanol–water partition coefficient (Wildman–Crippen LogP) is 5.21. The molecule has 0 saturated heterocycles. The van der Waals surface area contributed by atoms with Gasteiger partial charge in [0.1, 0.15) is 18.0 Å². The van der Waals surface area contributed by atoms with Crippen LogP contribution in [0.1, 0.15) is 48.2 Å². The summed E-state index contributed by atoms with van der Waals surface area (Å²) in [6, 6.07) is 6.64. The Balaban J connectivity index is 2.43. The highest BCUT2D eigenvalue weighted by molar-refractivity contribution is 9.11. The molecular weight excluding hydrogens is 494 g/mol. The lowest BCUT2D eigenvalue weighted by molar-refractivity contribution is -0.135. The number of aliphatic carboxylic acids is 1. The van der Waals surface area contributed by atoms with Crippen molar-refractivity contribution in [2.45, 2.75) is 33.1 Å². The van der Waals surface area contributed by atoms with Crippen molar-refractivity contribution in [3.63, 3.8) is 0 Å². The third-order valence-corrected chi connectivity index (χ3v) is 5.54. The van der Waals surface area contributed by atoms with Gasteiger partial charge in [-0.15, -0.1) is 0 Å². The van der Waals surface area contributed by atoms with Crippen molar-refractivity contribution in [2.24, 2.45) is 0 Å². The predicted molar refractivity (Wildman–Crippen MR) is 113 cm³/mol. The number of aromatic hydroxyl groups is 1. The Kier molecular flexibility index (Phi) is 7.48. The summed E-state index contributed by atoms with van der Waals surface area (Å²) in [6.07, 6.45) is 0.535. The molecule has 0 atom stereocenters. The molecule has 0 bridgehead atoms. The van der Waals surface area contributed by atoms with Crippen LogP contribution < -0.4 is 10.1 Å². The van der Waals surface area contributed by atoms with Gasteiger partial charge in [0.05, 0.1) is 8.95 Å². The molecule has 150 valence electrons. The maximum Gasteiger partial charge on any atom is 0.322 e. The highest BCUT2D eigenvalue weighted by atomic mass is 79.9. The molecule has 6 nitrogen and oxygen atoms in total. The fraction of sp³-hybridized carbons (Fsp3) is 0.300. The van der Waals surface area contributed by atoms with Crippen LogP contribution in [0.5, 0.6) is 17.2 Å². The number of halogens is 2. The molecule has 2 rings (SSSR count). The van der Waals surface area contributed by atoms with Crippen molar-refractivity contribution in [2.75, 3.05) is 6.54 Å². The van der Waals surface area contributed by atoms with E-state index in [1.807, 2.05) is 20.8 Å². The summed E-state index contributed by atoms with van der Waals surface area (Å²) >= 11 is 6.94. The standard InChI is InChI=1S/C20H21Br2NO5/c1-4-12-14(20(27)23-9-17(25)26)8-15(21)19(18(12)22)28-11-5-6-16(24)13(7-11)10(2)3/h5-8,10,24H,4,9H2,1-3H3,(H,23,27)(H,25,26). The number of carbonyl (C=O) groups excluding carboxylic acids is 1. The van der Waals surface area contributed by atoms with Crippen LogP contribution in [0.25, 0.3) is 0 Å². The van der Waals surface area contributed by atoms with Gasteiger partial charge in [0.25, 0.3) is 5.91 Å². The van der Waals surface area contributed by atoms with E-state index in [1.165, 1.54) is 0 Å². The van der Waals surface area contributed by atoms with Crippen LogP contribution in [-0.2, 0) is 11.2 Å². The Bertz CT molecular complexity index is 912. The van der Waals surface area contributed by atoms with Crippen LogP contribution >= 0.6 is 31.9 Å². The fourth-order valence-electron chi connectivity index (χ4n) is 2.71. The van der Waals surface area contributed by atoms with Crippen LogP contribution in [0.2, 0.25) is 0 Å². The number of phenols is 1. The topological polar surface area (TPSA) is 95.9 Å². The van der Waals surface area contributed by atoms with E-state index in [-0.39, 0.29) is 11.7 Å². The maximum absolute atomic E-state index is 12.4. The van der Waals surface area contributed by atoms with Gasteiger partial charge >= 0.3 is 5.97 Å². The number of rotatable bonds is 7. The van der Waals surface area contributed by atoms with Crippen LogP contribution in [0.3, 0.4) is 0 Å². The molecule has 0 heterocycles. The van der Waals surface area contributed by atoms with Gasteiger partial charge in [0.15, 0.2) is 5.75 Å². The molecule has 2 aromatic rings. The number of nitrogens with one attached hydrogen (secondary N) is 1. The van der Waals surface area contributed by atoms with Crippen LogP contribution in [-0.4, -0.2) is 28.6 Å². The summed E-state index contributed by atoms with van der Waals surface area (Å²) in [5, 5.41) is 21.1. The van der Waals surface area contributed by atoms with E-state index >= 15 is 0 Å². The number of amides is 1. The highest BCUT2D eigenvalue weighted by Gasteiger charge is 2.21. The van der Waals surface area contributed by atoms with Gasteiger partial charge in [0.2, 0.25) is 0 Å². The van der Waals surface area contributed by atoms with Gasteiger partial charge in [-0.25, -0.2) is 0 Å². The quantitative estimate of drug-likeness (QED) is 0.471. The minimum atomic E-state index is -1.11. The fourth-order valence-corrected chi connectivity index (χ4v) is 4.27. The average Bonchev–Trinajstić information content (AvgIpc) is 2.63. The lowest BCUT2D eigenvalue weighted by Crippen LogP contribution is -2.30. The molecule has 0 aliphatic rings. The second-order valence-corrected chi connectivity index (χ2v) is 8.08. The van der Waals surface area contributed by atoms with Gasteiger partial charge in [0, 0.05) is 11.1 Å². The average molecular weight is 515 g/mol. The molecule has 0 spiro atoms. The second-order valence-electron chi connectivity index (χ2n) is 6.43. The Morgan fingerprint density at radius 1 is 1.21 bits per heavy atom. The largest absolute Gasteiger partial charge is 0.508 e. The van der Waals surface area contributed by atoms with Crippen LogP contribution in [0.15, 0.2) is 33.2 Å². The molecule has 0 aromatic heterocycles. The van der Waals surface area contributed by atoms with E-state index in [0.717, 1.165) is 5.56 Å². The first kappa shape index (κ1) is 22.2. The van der Waals surface area contributed by atoms with Gasteiger partial charge in [-0.2, -0.15) is 0 Å². The number of benzene rings is 2. The second kappa shape index (κ2) is 9.43. The lowest BCUT2D eigenvalue weighted by Gasteiger charge is -2.17. The minimum absolute atomic E-state index is 0.127. The van der Waals surface area contributed by atoms with Crippen molar-refractivity contribution in [1.82, 2.24) is 5.32 Å². The van der Waals surface area contributed by atoms with E-state index in [0.29, 0.717) is 38.0 Å². The normalized spacial score (nSPS) is 10.8. The molecule has 2 aromatic carbocycles. The molecule has 1 amide bonds. The Hall–Kier alpha value is -2.06. The number of hydrogen-bond donors (Lipinski definition) is 3. The number of carbonyl (C=O) groups is 2. The number of hydrogen-bond acceptors (Lipinski definition) is 4. The van der Waals surface area contributed by atoms with Crippen molar-refractivity contribution >= 4 is 43.7 Å². The Morgan fingerprint density at radius 3 is 2.46 bits per heavy atom. The van der Waals surface area contributed by atoms with E-state index in [4.69, 9.17) is 9.84 Å². The first-order valence-corrected chi connectivity index (χ1v) is 10.3. The number of phenolic OH excluding ortho intramolecular Hbond substituents is 1. The number of carboxylic acid groups (broad SMARTS) is 1. The SMILES string of the molecule is CCc1c(C(=O)NCC(=O)O)cc(Br)c(Oc2ccc(O)c(C(C)C)c2)c1Br. The van der Waals surface area contributed by atoms with Crippen molar-refractivity contribution in [3.8, 4) is 17.2 Å². The van der Waals surface area contributed by atoms with Crippen molar-refractivity contribution in [1.29, 1.82) is 0 Å². The Morgan fingerprint density at radius 2 is 1.89 bits per heavy atom. The van der Waals surface area contributed by atoms with E-state index in [2.05, 4.69) is 37.2 Å². The summed E-state index contributed by atoms with van der Waals surface area (Å²) in [5.74, 6) is -0.209. The maximum atomic E-state index is 12.4. The molecule has 0 unspecified atom stereocenters. The Labute approximate surface area is 180 Å². The summed E-state index contributed by atoms with van der Waals surface area (Å²) in [7, 11) is 0. The molecule has 0 radical (unpaired) electrons. The zero-order valence-corrected chi connectivity index (χ0v) is 18.8. The minimum Gasteiger partial charge on any atom is -0.508 e. The third kappa shape index (κ3) is 5.05. The van der Waals surface area contributed by atoms with E-state index in [9.17, 15) is 14.7 Å². The zero-order chi connectivity index (χ0) is 21.0. The molecule has 8 heteroatoms. The molecule has 0 saturated carbocycles. The lowest BCUT2D eigenvalue weighted by atomic mass is 10.0. The van der Waals surface area contributed by atoms with E-state index < -0.39 is 18.4 Å². The zero-order valence-electron chi connectivity index (χ0n) is 15.7. The molecule has 0 aliphatic heterocycles. The smallest absolute Gasteiger partial charge is 0.322 e. The number of ether oxygens (including phenoxy) is 1. The highest BCUT2D eigenvalue weighted by Crippen LogP contribution is 2.42. The molecule has 0 fully saturated rings. The van der Waals surface area contributed by atoms with E-state index in [1.54, 1.807) is 24.3 Å². The van der Waals surface area contributed by atoms with Crippen LogP contribution in [0.4, 0.5) is 0 Å². The third-order valence-electron chi connectivity index (χ3n) is 4.12. The molecule has 3 N–H and O–H groups in total. The summed E-state index contributed by atoms with van der Waals surface area (Å²) in [4.78, 5) is 23.1. The van der Waals surface area contributed by atoms with Crippen molar-refractivity contribution < 1.29 is 24.5 Å². The molecule has 28 heavy (non-hydrogen) atoms. The summed E-state index contributed by atoms with van der Waals surface area (Å²) in [6.45, 7) is 5.39. The van der Waals surface area contributed by atoms with Gasteiger partial charge in [-0.05, 0) is 74.0 Å². The summed E-state index contributed by atoms with van der Waals surface area (Å²) < 4.78 is 7.17. The van der Waals surface area contributed by atoms with Gasteiger partial charge < -0.3 is 20.3 Å². The first-order chi connectivity index (χ1) is 13.1. The summed E-state index contributed by atoms with van der Waals surface area (Å²) in [5.41, 5.74) is 1.83. The first-order valence-electron chi connectivity index (χ1n) is 8.67. The van der Waals surface area contributed by atoms with Crippen molar-refractivity contribution in [3.05, 3.63) is 49.9 Å². The van der Waals surface area contributed by atoms with Crippen LogP contribution in [0, 0.1) is 0 Å². The van der Waals surface area contributed by atoms with Gasteiger partial charge in [-0.1, -0.05) is 20.8 Å². The number of carboxylic acids is 1. The van der Waals surface area contributed by atoms with Gasteiger partial charge in [-0.3, -0.25) is 9.59 Å².